The van der Waals surface area contributed by atoms with E-state index in [4.69, 9.17) is 4.74 Å². The minimum Gasteiger partial charge on any atom is -0.379 e. The third-order valence-electron chi connectivity index (χ3n) is 2.37. The fourth-order valence-corrected chi connectivity index (χ4v) is 1.55. The maximum Gasteiger partial charge on any atom is 0.0603 e. The quantitative estimate of drug-likeness (QED) is 0.681. The first-order chi connectivity index (χ1) is 9.14. The fourth-order valence-electron chi connectivity index (χ4n) is 1.55. The average Bonchev–Trinajstić information content (AvgIpc) is 2.28. The number of hydrogen-bond acceptors (Lipinski definition) is 2. The molecule has 2 nitrogen and oxygen atoms in total. The first-order valence-corrected chi connectivity index (χ1v) is 7.38. The number of ether oxygens (including phenoxy) is 1. The van der Waals surface area contributed by atoms with Gasteiger partial charge >= 0.3 is 0 Å². The van der Waals surface area contributed by atoms with E-state index < -0.39 is 0 Å². The SMILES string of the molecule is CC#CC(C)(C)C.CC(C)(C)C#CCN1CCOCC1. The van der Waals surface area contributed by atoms with Crippen LogP contribution >= 0.6 is 0 Å². The second-order valence-corrected chi connectivity index (χ2v) is 7.07. The molecule has 20 heavy (non-hydrogen) atoms. The lowest BCUT2D eigenvalue weighted by Crippen LogP contribution is -2.36. The van der Waals surface area contributed by atoms with Crippen LogP contribution in [0, 0.1) is 34.5 Å². The van der Waals surface area contributed by atoms with Crippen molar-refractivity contribution in [2.75, 3.05) is 32.8 Å². The van der Waals surface area contributed by atoms with E-state index in [2.05, 4.69) is 70.1 Å². The van der Waals surface area contributed by atoms with Gasteiger partial charge in [0.25, 0.3) is 0 Å². The molecule has 0 aromatic rings. The van der Waals surface area contributed by atoms with Crippen LogP contribution in [0.3, 0.4) is 0 Å². The lowest BCUT2D eigenvalue weighted by Gasteiger charge is -2.24. The standard InChI is InChI=1S/C11H19NO.C7H12/c1-11(2,3)5-4-6-12-7-9-13-10-8-12;1-5-6-7(2,3)4/h6-10H2,1-3H3;1-4H3. The van der Waals surface area contributed by atoms with Crippen LogP contribution in [0.5, 0.6) is 0 Å². The number of rotatable bonds is 1. The topological polar surface area (TPSA) is 12.5 Å². The van der Waals surface area contributed by atoms with E-state index >= 15 is 0 Å². The van der Waals surface area contributed by atoms with Gasteiger partial charge in [-0.25, -0.2) is 0 Å². The Morgan fingerprint density at radius 2 is 1.40 bits per heavy atom. The molecule has 114 valence electrons. The van der Waals surface area contributed by atoms with Crippen molar-refractivity contribution in [3.8, 4) is 23.7 Å². The van der Waals surface area contributed by atoms with Gasteiger partial charge in [0.05, 0.1) is 19.8 Å². The summed E-state index contributed by atoms with van der Waals surface area (Å²) >= 11 is 0. The summed E-state index contributed by atoms with van der Waals surface area (Å²) in [7, 11) is 0. The molecule has 1 rings (SSSR count). The number of morpholine rings is 1. The predicted molar refractivity (Wildman–Crippen MR) is 87.4 cm³/mol. The highest BCUT2D eigenvalue weighted by Crippen LogP contribution is 2.10. The minimum atomic E-state index is 0.131. The Labute approximate surface area is 126 Å². The van der Waals surface area contributed by atoms with Gasteiger partial charge in [-0.15, -0.1) is 5.92 Å². The van der Waals surface area contributed by atoms with Crippen LogP contribution in [0.2, 0.25) is 0 Å². The molecule has 1 aliphatic heterocycles. The van der Waals surface area contributed by atoms with Gasteiger partial charge in [0.1, 0.15) is 0 Å². The Bertz CT molecular complexity index is 370. The van der Waals surface area contributed by atoms with Crippen molar-refractivity contribution in [1.29, 1.82) is 0 Å². The molecule has 0 aromatic carbocycles. The third kappa shape index (κ3) is 13.5. The van der Waals surface area contributed by atoms with E-state index in [1.807, 2.05) is 6.92 Å². The van der Waals surface area contributed by atoms with E-state index in [9.17, 15) is 0 Å². The van der Waals surface area contributed by atoms with Gasteiger partial charge in [-0.1, -0.05) is 17.8 Å². The van der Waals surface area contributed by atoms with Crippen molar-refractivity contribution in [3.05, 3.63) is 0 Å². The average molecular weight is 277 g/mol. The zero-order valence-electron chi connectivity index (χ0n) is 14.4. The maximum atomic E-state index is 5.26. The van der Waals surface area contributed by atoms with E-state index in [-0.39, 0.29) is 10.8 Å². The van der Waals surface area contributed by atoms with Gasteiger partial charge in [0.15, 0.2) is 0 Å². The van der Waals surface area contributed by atoms with Crippen molar-refractivity contribution in [1.82, 2.24) is 4.90 Å². The Morgan fingerprint density at radius 1 is 0.900 bits per heavy atom. The summed E-state index contributed by atoms with van der Waals surface area (Å²) in [5.41, 5.74) is 0.320. The monoisotopic (exact) mass is 277 g/mol. The van der Waals surface area contributed by atoms with E-state index in [1.165, 1.54) is 0 Å². The summed E-state index contributed by atoms with van der Waals surface area (Å²) in [5, 5.41) is 0. The Balaban J connectivity index is 0.000000441. The van der Waals surface area contributed by atoms with E-state index in [0.29, 0.717) is 0 Å². The summed E-state index contributed by atoms with van der Waals surface area (Å²) in [6.45, 7) is 19.2. The van der Waals surface area contributed by atoms with Crippen molar-refractivity contribution < 1.29 is 4.74 Å². The van der Waals surface area contributed by atoms with E-state index in [0.717, 1.165) is 32.8 Å². The maximum absolute atomic E-state index is 5.26. The highest BCUT2D eigenvalue weighted by atomic mass is 16.5. The van der Waals surface area contributed by atoms with Gasteiger partial charge in [-0.05, 0) is 48.5 Å². The summed E-state index contributed by atoms with van der Waals surface area (Å²) in [4.78, 5) is 2.34. The van der Waals surface area contributed by atoms with Gasteiger partial charge in [0, 0.05) is 23.9 Å². The largest absolute Gasteiger partial charge is 0.379 e. The summed E-state index contributed by atoms with van der Waals surface area (Å²) < 4.78 is 5.26. The van der Waals surface area contributed by atoms with E-state index in [1.54, 1.807) is 0 Å². The van der Waals surface area contributed by atoms with Crippen LogP contribution < -0.4 is 0 Å². The molecule has 1 aliphatic rings. The minimum absolute atomic E-state index is 0.131. The Morgan fingerprint density at radius 3 is 1.75 bits per heavy atom. The predicted octanol–water partition coefficient (Wildman–Crippen LogP) is 3.42. The molecule has 0 aromatic heterocycles. The summed E-state index contributed by atoms with van der Waals surface area (Å²) in [5.74, 6) is 12.3. The lowest BCUT2D eigenvalue weighted by molar-refractivity contribution is 0.0443. The molecule has 0 bridgehead atoms. The lowest BCUT2D eigenvalue weighted by atomic mass is 9.98. The zero-order valence-corrected chi connectivity index (χ0v) is 14.4. The van der Waals surface area contributed by atoms with Crippen LogP contribution in [-0.2, 0) is 4.74 Å². The highest BCUT2D eigenvalue weighted by molar-refractivity contribution is 5.08. The van der Waals surface area contributed by atoms with Crippen LogP contribution in [0.15, 0.2) is 0 Å². The molecular weight excluding hydrogens is 246 g/mol. The molecular formula is C18H31NO. The molecule has 0 saturated carbocycles. The molecule has 0 unspecified atom stereocenters. The normalized spacial score (nSPS) is 15.9. The molecule has 0 atom stereocenters. The van der Waals surface area contributed by atoms with Crippen molar-refractivity contribution in [2.45, 2.75) is 48.5 Å². The fraction of sp³-hybridized carbons (Fsp3) is 0.778. The second-order valence-electron chi connectivity index (χ2n) is 7.07. The summed E-state index contributed by atoms with van der Waals surface area (Å²) in [6, 6.07) is 0. The molecule has 2 heteroatoms. The second kappa shape index (κ2) is 9.06. The number of nitrogens with zero attached hydrogens (tertiary/aromatic N) is 1. The van der Waals surface area contributed by atoms with Gasteiger partial charge < -0.3 is 4.74 Å². The Hall–Kier alpha value is -0.960. The third-order valence-corrected chi connectivity index (χ3v) is 2.37. The zero-order chi connectivity index (χ0) is 15.6. The van der Waals surface area contributed by atoms with Crippen molar-refractivity contribution in [3.63, 3.8) is 0 Å². The smallest absolute Gasteiger partial charge is 0.0603 e. The first kappa shape index (κ1) is 19.0. The first-order valence-electron chi connectivity index (χ1n) is 7.38. The van der Waals surface area contributed by atoms with Crippen LogP contribution in [0.1, 0.15) is 48.5 Å². The van der Waals surface area contributed by atoms with Gasteiger partial charge in [0.2, 0.25) is 0 Å². The molecule has 1 fully saturated rings. The van der Waals surface area contributed by atoms with Crippen LogP contribution in [0.4, 0.5) is 0 Å². The van der Waals surface area contributed by atoms with Crippen molar-refractivity contribution in [2.24, 2.45) is 10.8 Å². The van der Waals surface area contributed by atoms with Gasteiger partial charge in [-0.3, -0.25) is 4.90 Å². The van der Waals surface area contributed by atoms with Crippen LogP contribution in [0.25, 0.3) is 0 Å². The van der Waals surface area contributed by atoms with Crippen LogP contribution in [-0.4, -0.2) is 37.7 Å². The van der Waals surface area contributed by atoms with Gasteiger partial charge in [-0.2, -0.15) is 0 Å². The molecule has 0 radical (unpaired) electrons. The molecule has 1 heterocycles. The molecule has 0 N–H and O–H groups in total. The molecule has 0 amide bonds. The Kier molecular flexibility index (Phi) is 8.63. The summed E-state index contributed by atoms with van der Waals surface area (Å²) in [6.07, 6.45) is 0. The van der Waals surface area contributed by atoms with Crippen molar-refractivity contribution >= 4 is 0 Å². The molecule has 0 spiro atoms. The molecule has 1 saturated heterocycles. The molecule has 0 aliphatic carbocycles. The highest BCUT2D eigenvalue weighted by Gasteiger charge is 2.08. The number of hydrogen-bond donors (Lipinski definition) is 0.